The molecule has 1 aromatic heterocycles. The molecule has 5 nitrogen and oxygen atoms in total. The summed E-state index contributed by atoms with van der Waals surface area (Å²) in [7, 11) is 0. The first-order chi connectivity index (χ1) is 14.6. The van der Waals surface area contributed by atoms with Crippen molar-refractivity contribution in [2.45, 2.75) is 52.1 Å². The Morgan fingerprint density at radius 1 is 1.16 bits per heavy atom. The first-order valence-electron chi connectivity index (χ1n) is 10.2. The number of ether oxygens (including phenoxy) is 1. The fourth-order valence-corrected chi connectivity index (χ4v) is 3.46. The average Bonchev–Trinajstić information content (AvgIpc) is 3.10. The molecule has 0 aliphatic rings. The Labute approximate surface area is 178 Å². The number of carbonyl (C=O) groups is 1. The highest BCUT2D eigenvalue weighted by Gasteiger charge is 2.38. The number of aromatic nitrogens is 2. The number of imidazole rings is 1. The summed E-state index contributed by atoms with van der Waals surface area (Å²) in [6.45, 7) is 6.55. The first kappa shape index (κ1) is 22.7. The molecule has 0 saturated carbocycles. The molecule has 0 atom stereocenters. The van der Waals surface area contributed by atoms with E-state index in [0.717, 1.165) is 35.5 Å². The van der Waals surface area contributed by atoms with Gasteiger partial charge in [-0.15, -0.1) is 0 Å². The maximum Gasteiger partial charge on any atom is 0.450 e. The molecule has 2 aromatic carbocycles. The summed E-state index contributed by atoms with van der Waals surface area (Å²) in [5.41, 5.74) is 1.18. The third-order valence-electron chi connectivity index (χ3n) is 5.04. The van der Waals surface area contributed by atoms with E-state index in [1.165, 1.54) is 12.1 Å². The molecule has 31 heavy (non-hydrogen) atoms. The molecule has 3 rings (SSSR count). The Balaban J connectivity index is 2.16. The highest BCUT2D eigenvalue weighted by Crippen LogP contribution is 2.36. The van der Waals surface area contributed by atoms with Crippen molar-refractivity contribution in [1.29, 1.82) is 0 Å². The molecular weight excluding hydrogens is 409 g/mol. The van der Waals surface area contributed by atoms with E-state index in [0.29, 0.717) is 12.4 Å². The van der Waals surface area contributed by atoms with E-state index in [4.69, 9.17) is 9.84 Å². The highest BCUT2D eigenvalue weighted by atomic mass is 19.4. The molecule has 0 saturated heterocycles. The van der Waals surface area contributed by atoms with Crippen LogP contribution in [-0.4, -0.2) is 27.2 Å². The lowest BCUT2D eigenvalue weighted by Gasteiger charge is -2.18. The van der Waals surface area contributed by atoms with Gasteiger partial charge in [0.2, 0.25) is 5.82 Å². The van der Waals surface area contributed by atoms with Crippen LogP contribution in [0.15, 0.2) is 36.4 Å². The molecule has 3 aromatic rings. The van der Waals surface area contributed by atoms with E-state index in [1.54, 1.807) is 18.2 Å². The van der Waals surface area contributed by atoms with Crippen LogP contribution in [0.3, 0.4) is 0 Å². The van der Waals surface area contributed by atoms with E-state index in [2.05, 4.69) is 11.9 Å². The summed E-state index contributed by atoms with van der Waals surface area (Å²) in [4.78, 5) is 14.9. The number of carboxylic acid groups (broad SMARTS) is 1. The van der Waals surface area contributed by atoms with Gasteiger partial charge in [0.1, 0.15) is 5.75 Å². The van der Waals surface area contributed by atoms with Gasteiger partial charge in [0, 0.05) is 6.07 Å². The summed E-state index contributed by atoms with van der Waals surface area (Å²) in [6.07, 6.45) is -1.82. The van der Waals surface area contributed by atoms with Crippen molar-refractivity contribution in [3.8, 4) is 11.4 Å². The van der Waals surface area contributed by atoms with E-state index in [1.807, 2.05) is 13.8 Å². The van der Waals surface area contributed by atoms with Crippen molar-refractivity contribution >= 4 is 17.0 Å². The number of hydrogen-bond acceptors (Lipinski definition) is 3. The first-order valence-corrected chi connectivity index (χ1v) is 10.2. The highest BCUT2D eigenvalue weighted by molar-refractivity contribution is 5.93. The maximum atomic E-state index is 13.8. The number of fused-ring (bicyclic) bond motifs is 1. The molecule has 0 fully saturated rings. The second-order valence-electron chi connectivity index (χ2n) is 7.71. The van der Waals surface area contributed by atoms with Crippen molar-refractivity contribution in [2.24, 2.45) is 0 Å². The smallest absolute Gasteiger partial charge is 0.450 e. The zero-order valence-electron chi connectivity index (χ0n) is 17.7. The molecule has 0 bridgehead atoms. The number of aromatic carboxylic acids is 1. The molecule has 1 N–H and O–H groups in total. The van der Waals surface area contributed by atoms with Crippen LogP contribution in [0.1, 0.15) is 67.7 Å². The van der Waals surface area contributed by atoms with E-state index in [-0.39, 0.29) is 28.2 Å². The SMILES string of the molecule is CCCCCOc1cc(-n2c(C(F)(F)F)nc3cc(C(=O)O)ccc32)ccc1C(C)C. The van der Waals surface area contributed by atoms with Gasteiger partial charge in [0.25, 0.3) is 0 Å². The van der Waals surface area contributed by atoms with Gasteiger partial charge in [-0.1, -0.05) is 39.7 Å². The number of rotatable bonds is 8. The normalized spacial score (nSPS) is 12.0. The van der Waals surface area contributed by atoms with Gasteiger partial charge in [-0.2, -0.15) is 13.2 Å². The lowest BCUT2D eigenvalue weighted by molar-refractivity contribution is -0.145. The van der Waals surface area contributed by atoms with Crippen molar-refractivity contribution < 1.29 is 27.8 Å². The van der Waals surface area contributed by atoms with Gasteiger partial charge >= 0.3 is 12.1 Å². The number of hydrogen-bond donors (Lipinski definition) is 1. The van der Waals surface area contributed by atoms with Gasteiger partial charge < -0.3 is 9.84 Å². The van der Waals surface area contributed by atoms with E-state index >= 15 is 0 Å². The van der Waals surface area contributed by atoms with Crippen LogP contribution in [-0.2, 0) is 6.18 Å². The summed E-state index contributed by atoms with van der Waals surface area (Å²) < 4.78 is 48.3. The standard InChI is InChI=1S/C23H25F3N2O3/c1-4-5-6-11-31-20-13-16(8-9-17(20)14(2)3)28-19-10-7-15(21(29)30)12-18(19)27-22(28)23(24,25)26/h7-10,12-14H,4-6,11H2,1-3H3,(H,29,30). The minimum Gasteiger partial charge on any atom is -0.493 e. The fourth-order valence-electron chi connectivity index (χ4n) is 3.46. The lowest BCUT2D eigenvalue weighted by atomic mass is 10.0. The van der Waals surface area contributed by atoms with Gasteiger partial charge in [0.05, 0.1) is 28.9 Å². The largest absolute Gasteiger partial charge is 0.493 e. The quantitative estimate of drug-likeness (QED) is 0.415. The predicted molar refractivity (Wildman–Crippen MR) is 112 cm³/mol. The Morgan fingerprint density at radius 3 is 2.52 bits per heavy atom. The number of benzene rings is 2. The molecule has 8 heteroatoms. The molecule has 0 spiro atoms. The summed E-state index contributed by atoms with van der Waals surface area (Å²) >= 11 is 0. The number of unbranched alkanes of at least 4 members (excludes halogenated alkanes) is 2. The topological polar surface area (TPSA) is 64.4 Å². The van der Waals surface area contributed by atoms with Crippen LogP contribution in [0.2, 0.25) is 0 Å². The molecule has 0 radical (unpaired) electrons. The number of carboxylic acids is 1. The minimum atomic E-state index is -4.72. The van der Waals surface area contributed by atoms with Gasteiger partial charge in [-0.05, 0) is 42.2 Å². The molecule has 0 aliphatic carbocycles. The Hall–Kier alpha value is -3.03. The van der Waals surface area contributed by atoms with Gasteiger partial charge in [-0.3, -0.25) is 4.57 Å². The molecular formula is C23H25F3N2O3. The van der Waals surface area contributed by atoms with E-state index < -0.39 is 18.0 Å². The van der Waals surface area contributed by atoms with Crippen LogP contribution >= 0.6 is 0 Å². The molecule has 0 aliphatic heterocycles. The molecule has 1 heterocycles. The van der Waals surface area contributed by atoms with Crippen LogP contribution in [0.25, 0.3) is 16.7 Å². The van der Waals surface area contributed by atoms with Crippen molar-refractivity contribution in [1.82, 2.24) is 9.55 Å². The van der Waals surface area contributed by atoms with Gasteiger partial charge in [0.15, 0.2) is 0 Å². The Kier molecular flexibility index (Phi) is 6.57. The Morgan fingerprint density at radius 2 is 1.90 bits per heavy atom. The Bertz CT molecular complexity index is 1090. The maximum absolute atomic E-state index is 13.8. The summed E-state index contributed by atoms with van der Waals surface area (Å²) in [6, 6.07) is 8.74. The third kappa shape index (κ3) is 4.84. The van der Waals surface area contributed by atoms with Crippen LogP contribution in [0.4, 0.5) is 13.2 Å². The number of halogens is 3. The zero-order chi connectivity index (χ0) is 22.8. The predicted octanol–water partition coefficient (Wildman–Crippen LogP) is 6.43. The monoisotopic (exact) mass is 434 g/mol. The minimum absolute atomic E-state index is 0.0365. The van der Waals surface area contributed by atoms with Crippen LogP contribution in [0.5, 0.6) is 5.75 Å². The summed E-state index contributed by atoms with van der Waals surface area (Å²) in [5.74, 6) is -1.66. The molecule has 0 unspecified atom stereocenters. The van der Waals surface area contributed by atoms with Crippen molar-refractivity contribution in [3.05, 3.63) is 53.3 Å². The summed E-state index contributed by atoms with van der Waals surface area (Å²) in [5, 5.41) is 9.16. The fraction of sp³-hybridized carbons (Fsp3) is 0.391. The van der Waals surface area contributed by atoms with Gasteiger partial charge in [-0.25, -0.2) is 9.78 Å². The van der Waals surface area contributed by atoms with E-state index in [9.17, 15) is 18.0 Å². The lowest BCUT2D eigenvalue weighted by Crippen LogP contribution is -2.14. The third-order valence-corrected chi connectivity index (χ3v) is 5.04. The van der Waals surface area contributed by atoms with Crippen LogP contribution in [0, 0.1) is 0 Å². The molecule has 166 valence electrons. The number of alkyl halides is 3. The van der Waals surface area contributed by atoms with Crippen LogP contribution < -0.4 is 4.74 Å². The number of nitrogens with zero attached hydrogens (tertiary/aromatic N) is 2. The van der Waals surface area contributed by atoms with Crippen molar-refractivity contribution in [2.75, 3.05) is 6.61 Å². The second kappa shape index (κ2) is 8.99. The average molecular weight is 434 g/mol. The van der Waals surface area contributed by atoms with Crippen molar-refractivity contribution in [3.63, 3.8) is 0 Å². The second-order valence-corrected chi connectivity index (χ2v) is 7.71. The zero-order valence-corrected chi connectivity index (χ0v) is 17.7. The molecule has 0 amide bonds.